The summed E-state index contributed by atoms with van der Waals surface area (Å²) in [5, 5.41) is 3.36. The third-order valence-electron chi connectivity index (χ3n) is 2.79. The van der Waals surface area contributed by atoms with E-state index in [9.17, 15) is 9.59 Å². The van der Waals surface area contributed by atoms with Crippen LogP contribution in [0, 0.1) is 0 Å². The molecule has 0 bridgehead atoms. The number of carbonyl (C=O) groups excluding carboxylic acids is 1. The smallest absolute Gasteiger partial charge is 0.265 e. The van der Waals surface area contributed by atoms with E-state index in [4.69, 9.17) is 11.6 Å². The highest BCUT2D eigenvalue weighted by molar-refractivity contribution is 6.18. The maximum atomic E-state index is 12.2. The van der Waals surface area contributed by atoms with Gasteiger partial charge >= 0.3 is 0 Å². The quantitative estimate of drug-likeness (QED) is 0.860. The molecule has 2 heterocycles. The van der Waals surface area contributed by atoms with E-state index in [0.29, 0.717) is 24.6 Å². The number of nitrogens with zero attached hydrogens (tertiary/aromatic N) is 2. The standard InChI is InChI=1S/C13H14ClN3O2/c1-2-17-11-9(4-3-6-15-11)8-10(13(17)19)12(18)16-7-5-14/h3-4,6,8H,2,5,7H2,1H3,(H,16,18). The van der Waals surface area contributed by atoms with Gasteiger partial charge in [0.1, 0.15) is 11.2 Å². The number of halogens is 1. The molecule has 1 N–H and O–H groups in total. The first-order chi connectivity index (χ1) is 9.19. The van der Waals surface area contributed by atoms with Crippen LogP contribution in [0.4, 0.5) is 0 Å². The first kappa shape index (κ1) is 13.5. The lowest BCUT2D eigenvalue weighted by molar-refractivity contribution is 0.0954. The van der Waals surface area contributed by atoms with Gasteiger partial charge in [-0.25, -0.2) is 4.98 Å². The van der Waals surface area contributed by atoms with Crippen LogP contribution in [0.1, 0.15) is 17.3 Å². The highest BCUT2D eigenvalue weighted by atomic mass is 35.5. The van der Waals surface area contributed by atoms with Crippen LogP contribution in [0.25, 0.3) is 11.0 Å². The molecule has 0 aromatic carbocycles. The van der Waals surface area contributed by atoms with Gasteiger partial charge in [-0.05, 0) is 25.1 Å². The SMILES string of the molecule is CCn1c(=O)c(C(=O)NCCCl)cc2cccnc21. The van der Waals surface area contributed by atoms with Gasteiger partial charge in [0.05, 0.1) is 0 Å². The number of amides is 1. The highest BCUT2D eigenvalue weighted by Gasteiger charge is 2.14. The molecule has 0 fully saturated rings. The number of aryl methyl sites for hydroxylation is 1. The summed E-state index contributed by atoms with van der Waals surface area (Å²) < 4.78 is 1.49. The fourth-order valence-corrected chi connectivity index (χ4v) is 2.01. The van der Waals surface area contributed by atoms with E-state index < -0.39 is 5.91 Å². The van der Waals surface area contributed by atoms with Crippen molar-refractivity contribution in [3.8, 4) is 0 Å². The number of carbonyl (C=O) groups is 1. The normalized spacial score (nSPS) is 10.6. The summed E-state index contributed by atoms with van der Waals surface area (Å²) in [6, 6.07) is 5.17. The number of pyridine rings is 2. The molecule has 0 saturated carbocycles. The van der Waals surface area contributed by atoms with E-state index in [1.54, 1.807) is 18.3 Å². The van der Waals surface area contributed by atoms with Crippen LogP contribution in [0.3, 0.4) is 0 Å². The Morgan fingerprint density at radius 3 is 3.00 bits per heavy atom. The second kappa shape index (κ2) is 5.84. The molecule has 0 atom stereocenters. The lowest BCUT2D eigenvalue weighted by Gasteiger charge is -2.09. The number of hydrogen-bond acceptors (Lipinski definition) is 3. The number of rotatable bonds is 4. The molecule has 0 aliphatic heterocycles. The fourth-order valence-electron chi connectivity index (χ4n) is 1.92. The molecule has 0 radical (unpaired) electrons. The Morgan fingerprint density at radius 2 is 2.32 bits per heavy atom. The van der Waals surface area contributed by atoms with E-state index in [0.717, 1.165) is 5.39 Å². The van der Waals surface area contributed by atoms with Crippen molar-refractivity contribution in [3.63, 3.8) is 0 Å². The lowest BCUT2D eigenvalue weighted by atomic mass is 10.2. The Kier molecular flexibility index (Phi) is 4.16. The van der Waals surface area contributed by atoms with Gasteiger partial charge in [-0.15, -0.1) is 11.6 Å². The maximum Gasteiger partial charge on any atom is 0.265 e. The zero-order chi connectivity index (χ0) is 13.8. The van der Waals surface area contributed by atoms with E-state index in [1.165, 1.54) is 4.57 Å². The van der Waals surface area contributed by atoms with Crippen molar-refractivity contribution < 1.29 is 4.79 Å². The molecule has 5 nitrogen and oxygen atoms in total. The van der Waals surface area contributed by atoms with Crippen LogP contribution >= 0.6 is 11.6 Å². The molecule has 2 aromatic heterocycles. The Bertz CT molecular complexity index is 666. The van der Waals surface area contributed by atoms with E-state index in [-0.39, 0.29) is 11.1 Å². The largest absolute Gasteiger partial charge is 0.351 e. The summed E-state index contributed by atoms with van der Waals surface area (Å²) in [6.45, 7) is 2.63. The molecule has 0 saturated heterocycles. The van der Waals surface area contributed by atoms with Gasteiger partial charge in [0, 0.05) is 30.6 Å². The Labute approximate surface area is 115 Å². The molecule has 2 aromatic rings. The van der Waals surface area contributed by atoms with Gasteiger partial charge in [0.2, 0.25) is 0 Å². The molecule has 0 spiro atoms. The topological polar surface area (TPSA) is 64.0 Å². The second-order valence-corrected chi connectivity index (χ2v) is 4.35. The molecule has 0 aliphatic carbocycles. The minimum Gasteiger partial charge on any atom is -0.351 e. The number of hydrogen-bond donors (Lipinski definition) is 1. The molecule has 0 aliphatic rings. The zero-order valence-corrected chi connectivity index (χ0v) is 11.3. The minimum absolute atomic E-state index is 0.118. The first-order valence-corrected chi connectivity index (χ1v) is 6.55. The van der Waals surface area contributed by atoms with Crippen molar-refractivity contribution in [2.24, 2.45) is 0 Å². The third kappa shape index (κ3) is 2.61. The molecule has 2 rings (SSSR count). The molecule has 19 heavy (non-hydrogen) atoms. The van der Waals surface area contributed by atoms with Crippen LogP contribution in [-0.4, -0.2) is 27.9 Å². The van der Waals surface area contributed by atoms with Crippen molar-refractivity contribution in [2.75, 3.05) is 12.4 Å². The Hall–Kier alpha value is -1.88. The van der Waals surface area contributed by atoms with Gasteiger partial charge in [-0.3, -0.25) is 14.2 Å². The number of fused-ring (bicyclic) bond motifs is 1. The zero-order valence-electron chi connectivity index (χ0n) is 10.5. The van der Waals surface area contributed by atoms with E-state index >= 15 is 0 Å². The lowest BCUT2D eigenvalue weighted by Crippen LogP contribution is -2.34. The molecule has 1 amide bonds. The predicted octanol–water partition coefficient (Wildman–Crippen LogP) is 1.39. The van der Waals surface area contributed by atoms with Crippen LogP contribution < -0.4 is 10.9 Å². The second-order valence-electron chi connectivity index (χ2n) is 3.97. The average Bonchev–Trinajstić information content (AvgIpc) is 2.44. The first-order valence-electron chi connectivity index (χ1n) is 6.01. The average molecular weight is 280 g/mol. The van der Waals surface area contributed by atoms with Gasteiger partial charge < -0.3 is 5.32 Å². The monoisotopic (exact) mass is 279 g/mol. The summed E-state index contributed by atoms with van der Waals surface area (Å²) >= 11 is 5.52. The summed E-state index contributed by atoms with van der Waals surface area (Å²) in [5.41, 5.74) is 0.372. The van der Waals surface area contributed by atoms with Gasteiger partial charge in [0.15, 0.2) is 0 Å². The molecule has 0 unspecified atom stereocenters. The van der Waals surface area contributed by atoms with Gasteiger partial charge in [-0.2, -0.15) is 0 Å². The maximum absolute atomic E-state index is 12.2. The van der Waals surface area contributed by atoms with Crippen LogP contribution in [0.2, 0.25) is 0 Å². The van der Waals surface area contributed by atoms with Crippen molar-refractivity contribution >= 4 is 28.5 Å². The molecular formula is C13H14ClN3O2. The highest BCUT2D eigenvalue weighted by Crippen LogP contribution is 2.10. The molecular weight excluding hydrogens is 266 g/mol. The number of aromatic nitrogens is 2. The summed E-state index contributed by atoms with van der Waals surface area (Å²) in [6.07, 6.45) is 1.63. The van der Waals surface area contributed by atoms with Crippen molar-refractivity contribution in [3.05, 3.63) is 40.3 Å². The summed E-state index contributed by atoms with van der Waals surface area (Å²) in [5.74, 6) is -0.0957. The third-order valence-corrected chi connectivity index (χ3v) is 2.98. The van der Waals surface area contributed by atoms with Crippen molar-refractivity contribution in [2.45, 2.75) is 13.5 Å². The Morgan fingerprint density at radius 1 is 1.53 bits per heavy atom. The van der Waals surface area contributed by atoms with Crippen LogP contribution in [0.5, 0.6) is 0 Å². The van der Waals surface area contributed by atoms with Crippen LogP contribution in [-0.2, 0) is 6.54 Å². The fraction of sp³-hybridized carbons (Fsp3) is 0.308. The summed E-state index contributed by atoms with van der Waals surface area (Å²) in [7, 11) is 0. The Balaban J connectivity index is 2.59. The number of nitrogens with one attached hydrogen (secondary N) is 1. The van der Waals surface area contributed by atoms with Crippen molar-refractivity contribution in [1.82, 2.24) is 14.9 Å². The summed E-state index contributed by atoms with van der Waals surface area (Å²) in [4.78, 5) is 28.4. The number of alkyl halides is 1. The van der Waals surface area contributed by atoms with E-state index in [2.05, 4.69) is 10.3 Å². The van der Waals surface area contributed by atoms with Gasteiger partial charge in [0.25, 0.3) is 11.5 Å². The van der Waals surface area contributed by atoms with Crippen molar-refractivity contribution in [1.29, 1.82) is 0 Å². The van der Waals surface area contributed by atoms with E-state index in [1.807, 2.05) is 13.0 Å². The van der Waals surface area contributed by atoms with Gasteiger partial charge in [-0.1, -0.05) is 0 Å². The predicted molar refractivity (Wildman–Crippen MR) is 74.7 cm³/mol. The van der Waals surface area contributed by atoms with Crippen LogP contribution in [0.15, 0.2) is 29.2 Å². The molecule has 6 heteroatoms. The minimum atomic E-state index is -0.404. The molecule has 100 valence electrons.